The van der Waals surface area contributed by atoms with Crippen molar-refractivity contribution in [2.24, 2.45) is 0 Å². The molecule has 0 spiro atoms. The summed E-state index contributed by atoms with van der Waals surface area (Å²) in [6.45, 7) is 42.6. The summed E-state index contributed by atoms with van der Waals surface area (Å²) < 4.78 is 2.76. The summed E-state index contributed by atoms with van der Waals surface area (Å²) in [6.07, 6.45) is 2.35. The van der Waals surface area contributed by atoms with Crippen LogP contribution < -0.4 is 25.5 Å². The molecule has 11 rings (SSSR count). The fourth-order valence-corrected chi connectivity index (χ4v) is 14.0. The monoisotopic (exact) mass is 991 g/mol. The summed E-state index contributed by atoms with van der Waals surface area (Å²) >= 11 is 2.01. The van der Waals surface area contributed by atoms with Crippen LogP contribution in [0.5, 0.6) is 0 Å². The first-order chi connectivity index (χ1) is 34.5. The molecule has 0 unspecified atom stereocenters. The summed E-state index contributed by atoms with van der Waals surface area (Å²) in [5, 5.41) is 1.34. The Morgan fingerprint density at radius 3 is 1.61 bits per heavy atom. The smallest absolute Gasteiger partial charge is 0.264 e. The molecule has 0 atom stereocenters. The summed E-state index contributed by atoms with van der Waals surface area (Å²) in [6, 6.07) is 51.2. The van der Waals surface area contributed by atoms with Crippen LogP contribution in [0.2, 0.25) is 0 Å². The molecule has 0 saturated carbocycles. The van der Waals surface area contributed by atoms with E-state index in [9.17, 15) is 0 Å². The minimum absolute atomic E-state index is 0.00123. The first-order valence-corrected chi connectivity index (χ1v) is 28.3. The number of hydrogen-bond acceptors (Lipinski definition) is 3. The Hall–Kier alpha value is -5.84. The number of rotatable bonds is 4. The second-order valence-corrected chi connectivity index (χ2v) is 29.0. The average molecular weight is 991 g/mol. The molecular weight excluding hydrogens is 912 g/mol. The second-order valence-electron chi connectivity index (χ2n) is 27.9. The summed E-state index contributed by atoms with van der Waals surface area (Å²) in [4.78, 5) is 5.41. The van der Waals surface area contributed by atoms with Gasteiger partial charge in [0.25, 0.3) is 6.71 Å². The van der Waals surface area contributed by atoms with Gasteiger partial charge in [0, 0.05) is 43.2 Å². The van der Waals surface area contributed by atoms with Crippen LogP contribution in [0.25, 0.3) is 32.3 Å². The Bertz CT molecular complexity index is 3550. The zero-order valence-electron chi connectivity index (χ0n) is 47.9. The molecule has 0 saturated heterocycles. The maximum atomic E-state index is 2.73. The average Bonchev–Trinajstić information content (AvgIpc) is 3.70. The third kappa shape index (κ3) is 8.19. The number of fused-ring (bicyclic) bond motifs is 7. The zero-order chi connectivity index (χ0) is 53.0. The molecule has 0 N–H and O–H groups in total. The standard InChI is InChI=1S/C70H79BN2S/c1-42-20-19-21-43(2)61(42)45-36-58-62-59(37-45)73(56-31-26-47(66(6,7)8)38-51(56)44-22-24-46(25-23-44)65(3,4)5)57-32-27-49(68(12,13)14)40-55(57)71(62)64-63(52-39-48(67(9,10)11)28-33-60(52)74-64)72(58)50-29-30-53-54(41-50)70(17,18)35-34-69(53,15)16/h19-33,36-41H,34-35H2,1-18H3. The molecule has 2 nitrogen and oxygen atoms in total. The minimum Gasteiger partial charge on any atom is -0.311 e. The lowest BCUT2D eigenvalue weighted by Crippen LogP contribution is -2.60. The van der Waals surface area contributed by atoms with Gasteiger partial charge in [0.2, 0.25) is 0 Å². The van der Waals surface area contributed by atoms with Crippen LogP contribution in [0, 0.1) is 13.8 Å². The highest BCUT2D eigenvalue weighted by molar-refractivity contribution is 7.33. The summed E-state index contributed by atoms with van der Waals surface area (Å²) in [7, 11) is 0. The third-order valence-corrected chi connectivity index (χ3v) is 18.6. The Morgan fingerprint density at radius 2 is 1.00 bits per heavy atom. The van der Waals surface area contributed by atoms with Crippen LogP contribution in [-0.4, -0.2) is 6.71 Å². The lowest BCUT2D eigenvalue weighted by atomic mass is 9.36. The van der Waals surface area contributed by atoms with E-state index in [-0.39, 0.29) is 39.2 Å². The quantitative estimate of drug-likeness (QED) is 0.162. The van der Waals surface area contributed by atoms with Crippen LogP contribution in [0.3, 0.4) is 0 Å². The molecule has 3 heterocycles. The maximum absolute atomic E-state index is 2.73. The highest BCUT2D eigenvalue weighted by Gasteiger charge is 2.47. The Labute approximate surface area is 449 Å². The van der Waals surface area contributed by atoms with Crippen molar-refractivity contribution in [2.75, 3.05) is 9.80 Å². The van der Waals surface area contributed by atoms with Gasteiger partial charge in [-0.05, 0) is 186 Å². The van der Waals surface area contributed by atoms with Crippen molar-refractivity contribution in [2.45, 2.75) is 170 Å². The van der Waals surface area contributed by atoms with E-state index in [1.54, 1.807) is 0 Å². The molecule has 0 amide bonds. The molecule has 0 radical (unpaired) electrons. The fraction of sp³-hybridized carbons (Fsp3) is 0.371. The van der Waals surface area contributed by atoms with Crippen molar-refractivity contribution >= 4 is 78.0 Å². The van der Waals surface area contributed by atoms with Gasteiger partial charge in [-0.1, -0.05) is 184 Å². The Kier molecular flexibility index (Phi) is 11.4. The highest BCUT2D eigenvalue weighted by Crippen LogP contribution is 2.54. The van der Waals surface area contributed by atoms with Gasteiger partial charge < -0.3 is 9.80 Å². The van der Waals surface area contributed by atoms with E-state index in [0.717, 1.165) is 6.42 Å². The summed E-state index contributed by atoms with van der Waals surface area (Å²) in [5.74, 6) is 0. The Balaban J connectivity index is 1.31. The molecule has 7 aromatic carbocycles. The van der Waals surface area contributed by atoms with Gasteiger partial charge in [0.1, 0.15) is 0 Å². The van der Waals surface area contributed by atoms with Crippen molar-refractivity contribution in [3.63, 3.8) is 0 Å². The number of nitrogens with zero attached hydrogens (tertiary/aromatic N) is 2. The van der Waals surface area contributed by atoms with Crippen molar-refractivity contribution in [1.82, 2.24) is 0 Å². The largest absolute Gasteiger partial charge is 0.311 e. The minimum atomic E-state index is -0.0570. The third-order valence-electron chi connectivity index (χ3n) is 17.4. The van der Waals surface area contributed by atoms with Gasteiger partial charge in [0.15, 0.2) is 0 Å². The van der Waals surface area contributed by atoms with Crippen LogP contribution >= 0.6 is 11.3 Å². The number of benzene rings is 7. The van der Waals surface area contributed by atoms with E-state index in [2.05, 4.69) is 262 Å². The van der Waals surface area contributed by atoms with Crippen LogP contribution in [0.15, 0.2) is 127 Å². The molecule has 8 aromatic rings. The van der Waals surface area contributed by atoms with Gasteiger partial charge in [-0.2, -0.15) is 0 Å². The SMILES string of the molecule is Cc1cccc(C)c1-c1cc2c3c(c1)N(c1ccc4c(c1)C(C)(C)CCC4(C)C)c1c(sc4ccc(C(C)(C)C)cc14)B3c1cc(C(C)(C)C)ccc1N2c1ccc(C(C)(C)C)cc1-c1ccc(C(C)(C)C)cc1. The zero-order valence-corrected chi connectivity index (χ0v) is 48.7. The first kappa shape index (κ1) is 50.3. The fourth-order valence-electron chi connectivity index (χ4n) is 12.7. The van der Waals surface area contributed by atoms with Gasteiger partial charge >= 0.3 is 0 Å². The molecule has 1 aliphatic carbocycles. The molecule has 74 heavy (non-hydrogen) atoms. The Morgan fingerprint density at radius 1 is 0.473 bits per heavy atom. The summed E-state index contributed by atoms with van der Waals surface area (Å²) in [5.41, 5.74) is 26.3. The number of aryl methyl sites for hydroxylation is 2. The van der Waals surface area contributed by atoms with Gasteiger partial charge in [-0.25, -0.2) is 0 Å². The van der Waals surface area contributed by atoms with E-state index in [4.69, 9.17) is 0 Å². The second kappa shape index (κ2) is 16.8. The maximum Gasteiger partial charge on any atom is 0.264 e. The van der Waals surface area contributed by atoms with Gasteiger partial charge in [-0.3, -0.25) is 0 Å². The number of thiophene rings is 1. The molecule has 0 bridgehead atoms. The number of hydrogen-bond donors (Lipinski definition) is 0. The van der Waals surface area contributed by atoms with Gasteiger partial charge in [0.05, 0.1) is 11.4 Å². The molecule has 0 fully saturated rings. The molecule has 378 valence electrons. The topological polar surface area (TPSA) is 6.48 Å². The predicted molar refractivity (Wildman–Crippen MR) is 326 cm³/mol. The normalized spacial score (nSPS) is 16.0. The van der Waals surface area contributed by atoms with Crippen molar-refractivity contribution in [3.8, 4) is 22.3 Å². The van der Waals surface area contributed by atoms with Crippen LogP contribution in [0.4, 0.5) is 34.1 Å². The number of anilines is 6. The molecule has 1 aromatic heterocycles. The molecule has 3 aliphatic rings. The molecule has 4 heteroatoms. The first-order valence-electron chi connectivity index (χ1n) is 27.5. The highest BCUT2D eigenvalue weighted by atomic mass is 32.1. The van der Waals surface area contributed by atoms with Crippen LogP contribution in [-0.2, 0) is 32.5 Å². The van der Waals surface area contributed by atoms with E-state index < -0.39 is 0 Å². The van der Waals surface area contributed by atoms with E-state index >= 15 is 0 Å². The van der Waals surface area contributed by atoms with E-state index in [0.29, 0.717) is 0 Å². The van der Waals surface area contributed by atoms with E-state index in [1.807, 2.05) is 11.3 Å². The predicted octanol–water partition coefficient (Wildman–Crippen LogP) is 18.5. The molecule has 2 aliphatic heterocycles. The van der Waals surface area contributed by atoms with Crippen molar-refractivity contribution < 1.29 is 0 Å². The van der Waals surface area contributed by atoms with E-state index in [1.165, 1.54) is 133 Å². The lowest BCUT2D eigenvalue weighted by molar-refractivity contribution is 0.332. The molecular formula is C70H79BN2S. The van der Waals surface area contributed by atoms with Crippen molar-refractivity contribution in [3.05, 3.63) is 172 Å². The van der Waals surface area contributed by atoms with Crippen molar-refractivity contribution in [1.29, 1.82) is 0 Å². The van der Waals surface area contributed by atoms with Crippen LogP contribution in [0.1, 0.15) is 168 Å². The van der Waals surface area contributed by atoms with Gasteiger partial charge in [-0.15, -0.1) is 11.3 Å². The lowest BCUT2D eigenvalue weighted by Gasteiger charge is -2.45.